The van der Waals surface area contributed by atoms with Crippen molar-refractivity contribution in [2.45, 2.75) is 11.8 Å². The first kappa shape index (κ1) is 19.9. The fraction of sp³-hybridized carbons (Fsp3) is 0.158. The normalized spacial score (nSPS) is 11.2. The number of hydrogen-bond acceptors (Lipinski definition) is 6. The molecule has 0 amide bonds. The molecule has 7 nitrogen and oxygen atoms in total. The Bertz CT molecular complexity index is 1110. The predicted octanol–water partition coefficient (Wildman–Crippen LogP) is 3.50. The monoisotopic (exact) mass is 420 g/mol. The fourth-order valence-corrected chi connectivity index (χ4v) is 3.85. The van der Waals surface area contributed by atoms with E-state index in [0.717, 1.165) is 18.2 Å². The van der Waals surface area contributed by atoms with Crippen molar-refractivity contribution < 1.29 is 22.7 Å². The lowest BCUT2D eigenvalue weighted by Gasteiger charge is -2.11. The number of ether oxygens (including phenoxy) is 2. The molecule has 0 aliphatic heterocycles. The van der Waals surface area contributed by atoms with Crippen LogP contribution in [0, 0.1) is 0 Å². The quantitative estimate of drug-likeness (QED) is 0.567. The second-order valence-corrected chi connectivity index (χ2v) is 8.20. The predicted molar refractivity (Wildman–Crippen MR) is 104 cm³/mol. The Morgan fingerprint density at radius 3 is 2.50 bits per heavy atom. The maximum absolute atomic E-state index is 12.2. The highest BCUT2D eigenvalue weighted by Gasteiger charge is 2.17. The second-order valence-electron chi connectivity index (χ2n) is 5.86. The summed E-state index contributed by atoms with van der Waals surface area (Å²) in [6.45, 7) is 1.16. The summed E-state index contributed by atoms with van der Waals surface area (Å²) in [6.07, 6.45) is 3.30. The van der Waals surface area contributed by atoms with Crippen LogP contribution in [-0.2, 0) is 19.4 Å². The van der Waals surface area contributed by atoms with Crippen LogP contribution in [0.1, 0.15) is 6.92 Å². The highest BCUT2D eigenvalue weighted by molar-refractivity contribution is 7.91. The van der Waals surface area contributed by atoms with Crippen LogP contribution in [0.25, 0.3) is 16.9 Å². The molecule has 0 saturated carbocycles. The molecule has 0 fully saturated rings. The van der Waals surface area contributed by atoms with E-state index in [1.807, 2.05) is 6.07 Å². The van der Waals surface area contributed by atoms with Crippen LogP contribution >= 0.6 is 11.6 Å². The van der Waals surface area contributed by atoms with Gasteiger partial charge in [0.2, 0.25) is 9.84 Å². The molecule has 0 saturated heterocycles. The van der Waals surface area contributed by atoms with Gasteiger partial charge in [0, 0.05) is 18.2 Å². The van der Waals surface area contributed by atoms with Crippen molar-refractivity contribution in [2.24, 2.45) is 0 Å². The van der Waals surface area contributed by atoms with Gasteiger partial charge in [-0.3, -0.25) is 9.36 Å². The average molecular weight is 421 g/mol. The van der Waals surface area contributed by atoms with Gasteiger partial charge in [0.15, 0.2) is 5.94 Å². The van der Waals surface area contributed by atoms with E-state index in [0.29, 0.717) is 16.5 Å². The maximum atomic E-state index is 12.2. The van der Waals surface area contributed by atoms with E-state index in [1.165, 1.54) is 12.1 Å². The molecule has 1 heterocycles. The van der Waals surface area contributed by atoms with Gasteiger partial charge >= 0.3 is 5.97 Å². The van der Waals surface area contributed by atoms with Crippen molar-refractivity contribution >= 4 is 27.4 Å². The van der Waals surface area contributed by atoms with Crippen LogP contribution in [0.15, 0.2) is 59.9 Å². The average Bonchev–Trinajstić information content (AvgIpc) is 3.16. The molecular formula is C19H17ClN2O5S. The van der Waals surface area contributed by atoms with Gasteiger partial charge in [-0.15, -0.1) is 0 Å². The molecule has 0 N–H and O–H groups in total. The minimum absolute atomic E-state index is 0.0617. The highest BCUT2D eigenvalue weighted by atomic mass is 35.5. The lowest BCUT2D eigenvalue weighted by Crippen LogP contribution is -2.12. The SMILES string of the molecule is COc1ccc(-c2cncn2-c2ccc(S(=O)(=O)COC(C)=O)cc2)cc1Cl. The number of rotatable bonds is 6. The third-order valence-electron chi connectivity index (χ3n) is 3.98. The Labute approximate surface area is 167 Å². The topological polar surface area (TPSA) is 87.5 Å². The number of aromatic nitrogens is 2. The van der Waals surface area contributed by atoms with E-state index in [4.69, 9.17) is 16.3 Å². The Morgan fingerprint density at radius 1 is 1.18 bits per heavy atom. The zero-order valence-corrected chi connectivity index (χ0v) is 16.7. The molecule has 3 aromatic rings. The van der Waals surface area contributed by atoms with Crippen molar-refractivity contribution in [1.82, 2.24) is 9.55 Å². The summed E-state index contributed by atoms with van der Waals surface area (Å²) >= 11 is 6.21. The first-order valence-corrected chi connectivity index (χ1v) is 10.2. The Morgan fingerprint density at radius 2 is 1.89 bits per heavy atom. The minimum atomic E-state index is -3.72. The molecule has 146 valence electrons. The largest absolute Gasteiger partial charge is 0.495 e. The number of carbonyl (C=O) groups excluding carboxylic acids is 1. The van der Waals surface area contributed by atoms with Gasteiger partial charge < -0.3 is 9.47 Å². The Balaban J connectivity index is 1.91. The van der Waals surface area contributed by atoms with Gasteiger partial charge in [0.05, 0.1) is 35.2 Å². The van der Waals surface area contributed by atoms with E-state index in [9.17, 15) is 13.2 Å². The van der Waals surface area contributed by atoms with Crippen LogP contribution in [0.2, 0.25) is 5.02 Å². The third-order valence-corrected chi connectivity index (χ3v) is 5.69. The van der Waals surface area contributed by atoms with Gasteiger partial charge in [0.25, 0.3) is 0 Å². The van der Waals surface area contributed by atoms with Crippen molar-refractivity contribution in [3.8, 4) is 22.7 Å². The summed E-state index contributed by atoms with van der Waals surface area (Å²) in [4.78, 5) is 15.1. The van der Waals surface area contributed by atoms with E-state index < -0.39 is 21.7 Å². The zero-order valence-electron chi connectivity index (χ0n) is 15.1. The number of imidazole rings is 1. The number of carbonyl (C=O) groups is 1. The molecule has 28 heavy (non-hydrogen) atoms. The Hall–Kier alpha value is -2.84. The van der Waals surface area contributed by atoms with E-state index in [1.54, 1.807) is 48.5 Å². The number of halogens is 1. The summed E-state index contributed by atoms with van der Waals surface area (Å²) in [6, 6.07) is 11.6. The number of nitrogens with zero attached hydrogens (tertiary/aromatic N) is 2. The molecule has 0 bridgehead atoms. The fourth-order valence-electron chi connectivity index (χ4n) is 2.58. The summed E-state index contributed by atoms with van der Waals surface area (Å²) in [7, 11) is -2.17. The maximum Gasteiger partial charge on any atom is 0.303 e. The molecular weight excluding hydrogens is 404 g/mol. The first-order chi connectivity index (χ1) is 13.3. The van der Waals surface area contributed by atoms with Crippen LogP contribution < -0.4 is 4.74 Å². The molecule has 1 aromatic heterocycles. The summed E-state index contributed by atoms with van der Waals surface area (Å²) in [5.74, 6) is -0.775. The van der Waals surface area contributed by atoms with Gasteiger partial charge in [-0.1, -0.05) is 11.6 Å². The van der Waals surface area contributed by atoms with Gasteiger partial charge in [-0.05, 0) is 42.5 Å². The summed E-state index contributed by atoms with van der Waals surface area (Å²) in [5, 5.41) is 0.472. The van der Waals surface area contributed by atoms with E-state index >= 15 is 0 Å². The van der Waals surface area contributed by atoms with Gasteiger partial charge in [-0.25, -0.2) is 13.4 Å². The zero-order chi connectivity index (χ0) is 20.3. The number of benzene rings is 2. The summed E-state index contributed by atoms with van der Waals surface area (Å²) < 4.78 is 36.0. The number of methoxy groups -OCH3 is 1. The molecule has 0 aliphatic rings. The van der Waals surface area contributed by atoms with Crippen LogP contribution in [0.5, 0.6) is 5.75 Å². The molecule has 0 aliphatic carbocycles. The molecule has 0 spiro atoms. The molecule has 0 atom stereocenters. The van der Waals surface area contributed by atoms with Gasteiger partial charge in [0.1, 0.15) is 5.75 Å². The van der Waals surface area contributed by atoms with Crippen molar-refractivity contribution in [1.29, 1.82) is 0 Å². The minimum Gasteiger partial charge on any atom is -0.495 e. The standard InChI is InChI=1S/C19H17ClN2O5S/c1-13(23)27-12-28(24,25)16-6-4-15(5-7-16)22-11-21-10-18(22)14-3-8-19(26-2)17(20)9-14/h3-11H,12H2,1-2H3. The Kier molecular flexibility index (Phi) is 5.71. The first-order valence-electron chi connectivity index (χ1n) is 8.14. The number of esters is 1. The van der Waals surface area contributed by atoms with Crippen LogP contribution in [0.3, 0.4) is 0 Å². The molecule has 9 heteroatoms. The van der Waals surface area contributed by atoms with Crippen LogP contribution in [0.4, 0.5) is 0 Å². The smallest absolute Gasteiger partial charge is 0.303 e. The van der Waals surface area contributed by atoms with Crippen molar-refractivity contribution in [3.05, 3.63) is 60.0 Å². The second kappa shape index (κ2) is 8.04. The van der Waals surface area contributed by atoms with E-state index in [-0.39, 0.29) is 4.90 Å². The summed E-state index contributed by atoms with van der Waals surface area (Å²) in [5.41, 5.74) is 2.32. The molecule has 3 rings (SSSR count). The lowest BCUT2D eigenvalue weighted by atomic mass is 10.1. The van der Waals surface area contributed by atoms with Crippen molar-refractivity contribution in [3.63, 3.8) is 0 Å². The molecule has 0 unspecified atom stereocenters. The van der Waals surface area contributed by atoms with E-state index in [2.05, 4.69) is 9.72 Å². The third kappa shape index (κ3) is 4.18. The highest BCUT2D eigenvalue weighted by Crippen LogP contribution is 2.31. The van der Waals surface area contributed by atoms with Crippen LogP contribution in [-0.4, -0.2) is 37.0 Å². The molecule has 2 aromatic carbocycles. The number of hydrogen-bond donors (Lipinski definition) is 0. The molecule has 0 radical (unpaired) electrons. The van der Waals surface area contributed by atoms with Gasteiger partial charge in [-0.2, -0.15) is 0 Å². The van der Waals surface area contributed by atoms with Crippen molar-refractivity contribution in [2.75, 3.05) is 13.0 Å². The lowest BCUT2D eigenvalue weighted by molar-refractivity contribution is -0.138. The number of sulfone groups is 1.